The van der Waals surface area contributed by atoms with Crippen molar-refractivity contribution >= 4 is 23.3 Å². The smallest absolute Gasteiger partial charge is 0.185 e. The summed E-state index contributed by atoms with van der Waals surface area (Å²) < 4.78 is 0. The highest BCUT2D eigenvalue weighted by atomic mass is 16.3. The van der Waals surface area contributed by atoms with Crippen LogP contribution in [0.1, 0.15) is 38.9 Å². The van der Waals surface area contributed by atoms with Gasteiger partial charge in [-0.2, -0.15) is 0 Å². The van der Waals surface area contributed by atoms with E-state index in [9.17, 15) is 14.7 Å². The van der Waals surface area contributed by atoms with Gasteiger partial charge in [-0.1, -0.05) is 0 Å². The van der Waals surface area contributed by atoms with Gasteiger partial charge < -0.3 is 15.0 Å². The van der Waals surface area contributed by atoms with Gasteiger partial charge in [0.15, 0.2) is 11.6 Å². The highest BCUT2D eigenvalue weighted by Gasteiger charge is 2.19. The Labute approximate surface area is 187 Å². The molecule has 6 nitrogen and oxygen atoms in total. The fourth-order valence-corrected chi connectivity index (χ4v) is 3.89. The zero-order valence-corrected chi connectivity index (χ0v) is 18.1. The Bertz CT molecular complexity index is 1110. The number of piperazine rings is 1. The molecule has 1 saturated heterocycles. The SMILES string of the molecule is CC(=O)c1ccc(N2CCN(Cc3cc(C(=O)/C=C/c4ccc[nH]4)ccc3O)CC2)cc1. The second kappa shape index (κ2) is 9.66. The first-order chi connectivity index (χ1) is 15.5. The van der Waals surface area contributed by atoms with Crippen LogP contribution in [0, 0.1) is 0 Å². The van der Waals surface area contributed by atoms with E-state index in [2.05, 4.69) is 14.8 Å². The monoisotopic (exact) mass is 429 g/mol. The number of carbonyl (C=O) groups is 2. The third-order valence-electron chi connectivity index (χ3n) is 5.81. The molecule has 1 aliphatic rings. The van der Waals surface area contributed by atoms with Crippen molar-refractivity contribution in [3.05, 3.63) is 89.3 Å². The second-order valence-electron chi connectivity index (χ2n) is 8.03. The third kappa shape index (κ3) is 5.15. The first-order valence-electron chi connectivity index (χ1n) is 10.8. The number of aromatic amines is 1. The number of hydrogen-bond acceptors (Lipinski definition) is 5. The Morgan fingerprint density at radius 1 is 1.00 bits per heavy atom. The molecule has 3 aromatic rings. The molecule has 1 aliphatic heterocycles. The number of nitrogens with one attached hydrogen (secondary N) is 1. The van der Waals surface area contributed by atoms with Gasteiger partial charge in [-0.25, -0.2) is 0 Å². The maximum absolute atomic E-state index is 12.5. The van der Waals surface area contributed by atoms with E-state index >= 15 is 0 Å². The van der Waals surface area contributed by atoms with Crippen LogP contribution in [0.15, 0.2) is 66.9 Å². The van der Waals surface area contributed by atoms with Crippen LogP contribution in [0.4, 0.5) is 5.69 Å². The van der Waals surface area contributed by atoms with Crippen LogP contribution in [-0.2, 0) is 6.54 Å². The number of anilines is 1. The average Bonchev–Trinajstić information content (AvgIpc) is 3.33. The number of hydrogen-bond donors (Lipinski definition) is 2. The number of benzene rings is 2. The van der Waals surface area contributed by atoms with Crippen molar-refractivity contribution in [1.82, 2.24) is 9.88 Å². The highest BCUT2D eigenvalue weighted by molar-refractivity contribution is 6.06. The Morgan fingerprint density at radius 3 is 2.38 bits per heavy atom. The number of phenols is 1. The number of ketones is 2. The molecule has 0 aliphatic carbocycles. The molecule has 6 heteroatoms. The van der Waals surface area contributed by atoms with E-state index in [1.54, 1.807) is 31.2 Å². The van der Waals surface area contributed by atoms with Gasteiger partial charge >= 0.3 is 0 Å². The molecule has 0 atom stereocenters. The first kappa shape index (κ1) is 21.6. The van der Waals surface area contributed by atoms with E-state index in [-0.39, 0.29) is 17.3 Å². The van der Waals surface area contributed by atoms with Crippen LogP contribution < -0.4 is 4.90 Å². The Kier molecular flexibility index (Phi) is 6.52. The maximum atomic E-state index is 12.5. The first-order valence-corrected chi connectivity index (χ1v) is 10.8. The molecule has 0 bridgehead atoms. The van der Waals surface area contributed by atoms with Crippen LogP contribution >= 0.6 is 0 Å². The van der Waals surface area contributed by atoms with Crippen molar-refractivity contribution in [2.24, 2.45) is 0 Å². The van der Waals surface area contributed by atoms with Gasteiger partial charge in [0.1, 0.15) is 5.75 Å². The van der Waals surface area contributed by atoms with Gasteiger partial charge in [-0.05, 0) is 73.7 Å². The third-order valence-corrected chi connectivity index (χ3v) is 5.81. The van der Waals surface area contributed by atoms with Crippen LogP contribution in [0.5, 0.6) is 5.75 Å². The highest BCUT2D eigenvalue weighted by Crippen LogP contribution is 2.23. The van der Waals surface area contributed by atoms with E-state index in [1.165, 1.54) is 6.08 Å². The van der Waals surface area contributed by atoms with Crippen LogP contribution in [0.25, 0.3) is 6.08 Å². The largest absolute Gasteiger partial charge is 0.508 e. The van der Waals surface area contributed by atoms with Crippen molar-refractivity contribution in [2.45, 2.75) is 13.5 Å². The summed E-state index contributed by atoms with van der Waals surface area (Å²) in [6.45, 7) is 5.57. The average molecular weight is 430 g/mol. The lowest BCUT2D eigenvalue weighted by atomic mass is 10.0. The van der Waals surface area contributed by atoms with E-state index in [4.69, 9.17) is 0 Å². The van der Waals surface area contributed by atoms with Crippen LogP contribution in [0.3, 0.4) is 0 Å². The molecule has 164 valence electrons. The van der Waals surface area contributed by atoms with Crippen molar-refractivity contribution in [2.75, 3.05) is 31.1 Å². The van der Waals surface area contributed by atoms with Crippen molar-refractivity contribution in [3.8, 4) is 5.75 Å². The Hall–Kier alpha value is -3.64. The normalized spacial score (nSPS) is 14.7. The summed E-state index contributed by atoms with van der Waals surface area (Å²) in [4.78, 5) is 31.6. The van der Waals surface area contributed by atoms with Crippen molar-refractivity contribution in [1.29, 1.82) is 0 Å². The predicted molar refractivity (Wildman–Crippen MR) is 126 cm³/mol. The summed E-state index contributed by atoms with van der Waals surface area (Å²) in [7, 11) is 0. The van der Waals surface area contributed by atoms with Gasteiger partial charge in [-0.3, -0.25) is 14.5 Å². The van der Waals surface area contributed by atoms with E-state index < -0.39 is 0 Å². The van der Waals surface area contributed by atoms with E-state index in [0.717, 1.165) is 48.7 Å². The fraction of sp³-hybridized carbons (Fsp3) is 0.231. The van der Waals surface area contributed by atoms with Crippen molar-refractivity contribution < 1.29 is 14.7 Å². The molecule has 0 radical (unpaired) electrons. The summed E-state index contributed by atoms with van der Waals surface area (Å²) in [5, 5.41) is 10.3. The standard InChI is InChI=1S/C26H27N3O3/c1-19(30)20-4-8-24(9-5-20)29-15-13-28(14-16-29)18-22-17-21(6-10-26(22)32)25(31)11-7-23-3-2-12-27-23/h2-12,17,27,32H,13-16,18H2,1H3/b11-7+. The quantitative estimate of drug-likeness (QED) is 0.436. The van der Waals surface area contributed by atoms with Crippen LogP contribution in [0.2, 0.25) is 0 Å². The van der Waals surface area contributed by atoms with Gasteiger partial charge in [0.05, 0.1) is 0 Å². The van der Waals surface area contributed by atoms with Crippen molar-refractivity contribution in [3.63, 3.8) is 0 Å². The number of phenolic OH excluding ortho intramolecular Hbond substituents is 1. The minimum Gasteiger partial charge on any atom is -0.508 e. The van der Waals surface area contributed by atoms with Gasteiger partial charge in [0.2, 0.25) is 0 Å². The minimum atomic E-state index is -0.0975. The minimum absolute atomic E-state index is 0.0710. The Balaban J connectivity index is 1.37. The second-order valence-corrected chi connectivity index (χ2v) is 8.03. The molecule has 2 aromatic carbocycles. The summed E-state index contributed by atoms with van der Waals surface area (Å²) in [6.07, 6.45) is 5.10. The number of aromatic hydroxyl groups is 1. The molecule has 0 spiro atoms. The molecule has 0 unspecified atom stereocenters. The maximum Gasteiger partial charge on any atom is 0.185 e. The number of Topliss-reactive ketones (excluding diaryl/α,β-unsaturated/α-hetero) is 1. The molecule has 32 heavy (non-hydrogen) atoms. The molecule has 2 N–H and O–H groups in total. The molecule has 2 heterocycles. The number of nitrogens with zero attached hydrogens (tertiary/aromatic N) is 2. The summed E-state index contributed by atoms with van der Waals surface area (Å²) in [5.74, 6) is 0.179. The Morgan fingerprint density at radius 2 is 1.72 bits per heavy atom. The van der Waals surface area contributed by atoms with Crippen LogP contribution in [-0.4, -0.2) is 52.7 Å². The summed E-state index contributed by atoms with van der Waals surface area (Å²) in [6, 6.07) is 16.5. The van der Waals surface area contributed by atoms with Gasteiger partial charge in [0.25, 0.3) is 0 Å². The molecule has 1 fully saturated rings. The molecular weight excluding hydrogens is 402 g/mol. The molecular formula is C26H27N3O3. The zero-order valence-electron chi connectivity index (χ0n) is 18.1. The molecule has 4 rings (SSSR count). The lowest BCUT2D eigenvalue weighted by Crippen LogP contribution is -2.46. The lowest BCUT2D eigenvalue weighted by molar-refractivity contribution is 0.101. The molecule has 0 amide bonds. The number of rotatable bonds is 7. The van der Waals surface area contributed by atoms with E-state index in [1.807, 2.05) is 42.6 Å². The number of aromatic nitrogens is 1. The number of carbonyl (C=O) groups excluding carboxylic acids is 2. The van der Waals surface area contributed by atoms with E-state index in [0.29, 0.717) is 12.1 Å². The molecule has 1 aromatic heterocycles. The van der Waals surface area contributed by atoms with Gasteiger partial charge in [0, 0.05) is 67.0 Å². The summed E-state index contributed by atoms with van der Waals surface area (Å²) in [5.41, 5.74) is 4.01. The predicted octanol–water partition coefficient (Wildman–Crippen LogP) is 4.14. The fourth-order valence-electron chi connectivity index (χ4n) is 3.89. The number of H-pyrrole nitrogens is 1. The van der Waals surface area contributed by atoms with Gasteiger partial charge in [-0.15, -0.1) is 0 Å². The number of allylic oxidation sites excluding steroid dienone is 1. The summed E-state index contributed by atoms with van der Waals surface area (Å²) >= 11 is 0. The topological polar surface area (TPSA) is 76.6 Å². The lowest BCUT2D eigenvalue weighted by Gasteiger charge is -2.36. The zero-order chi connectivity index (χ0) is 22.5. The molecule has 0 saturated carbocycles.